The van der Waals surface area contributed by atoms with Gasteiger partial charge in [-0.3, -0.25) is 33.0 Å². The van der Waals surface area contributed by atoms with Crippen LogP contribution in [0.25, 0.3) is 27.5 Å². The summed E-state index contributed by atoms with van der Waals surface area (Å²) in [5.74, 6) is -9.41. The van der Waals surface area contributed by atoms with E-state index in [0.717, 1.165) is 16.7 Å². The van der Waals surface area contributed by atoms with E-state index >= 15 is 13.6 Å². The quantitative estimate of drug-likeness (QED) is 0.0752. The molecule has 1 amide bonds. The van der Waals surface area contributed by atoms with Crippen molar-refractivity contribution in [2.24, 2.45) is 18.4 Å². The molecule has 3 heterocycles. The zero-order chi connectivity index (χ0) is 50.4. The molecule has 0 saturated heterocycles. The molecule has 14 nitrogen and oxygen atoms in total. The molecule has 2 N–H and O–H groups in total. The second kappa shape index (κ2) is 17.6. The first-order valence-electron chi connectivity index (χ1n) is 21.9. The maximum atomic E-state index is 15.6. The number of ketones is 1. The van der Waals surface area contributed by atoms with Crippen molar-refractivity contribution in [3.8, 4) is 11.4 Å². The molecule has 1 saturated carbocycles. The summed E-state index contributed by atoms with van der Waals surface area (Å²) in [5, 5.41) is 10.8. The molecule has 0 unspecified atom stereocenters. The highest BCUT2D eigenvalue weighted by molar-refractivity contribution is 7.92. The third-order valence-corrected chi connectivity index (χ3v) is 14.1. The number of sulfonamides is 1. The minimum Gasteiger partial charge on any atom is -0.497 e. The topological polar surface area (TPSA) is 172 Å². The first-order valence-corrected chi connectivity index (χ1v) is 23.9. The normalized spacial score (nSPS) is 16.6. The molecular weight excluding hydrogens is 966 g/mol. The zero-order valence-electron chi connectivity index (χ0n) is 38.0. The maximum absolute atomic E-state index is 15.6. The van der Waals surface area contributed by atoms with E-state index in [2.05, 4.69) is 20.2 Å². The lowest BCUT2D eigenvalue weighted by molar-refractivity contribution is -0.123. The number of nitrogens with zero attached hydrogens (tertiary/aromatic N) is 6. The lowest BCUT2D eigenvalue weighted by Gasteiger charge is -2.24. The molecule has 0 bridgehead atoms. The van der Waals surface area contributed by atoms with Crippen LogP contribution < -0.4 is 20.3 Å². The molecule has 0 aliphatic heterocycles. The SMILES string of the molecule is COc1ccc(CCS(=O)(=O)Nc2nn(C)c3c(-n4c([C@H](Cc5cc(F)cc(F)c5)NC(=O)Cn5nc(C(F)F)c6c5C(F)(F)[C@@H]5C[C@H]65)nc5cc(C(=O)C(C)(C)C)ccc5c4=O)ccc(Cl)c23)cc1. The van der Waals surface area contributed by atoms with Crippen LogP contribution in [0.15, 0.2) is 77.6 Å². The van der Waals surface area contributed by atoms with Gasteiger partial charge >= 0.3 is 0 Å². The average Bonchev–Trinajstić information content (AvgIpc) is 3.83. The summed E-state index contributed by atoms with van der Waals surface area (Å²) >= 11 is 6.79. The largest absolute Gasteiger partial charge is 0.497 e. The lowest BCUT2D eigenvalue weighted by Crippen LogP contribution is -2.38. The van der Waals surface area contributed by atoms with E-state index in [9.17, 15) is 35.6 Å². The van der Waals surface area contributed by atoms with Gasteiger partial charge in [-0.25, -0.2) is 31.0 Å². The van der Waals surface area contributed by atoms with Crippen molar-refractivity contribution in [1.82, 2.24) is 34.4 Å². The Balaban J connectivity index is 1.20. The Morgan fingerprint density at radius 3 is 2.33 bits per heavy atom. The third-order valence-electron chi connectivity index (χ3n) is 12.5. The molecule has 2 aliphatic carbocycles. The third kappa shape index (κ3) is 8.88. The van der Waals surface area contributed by atoms with Crippen LogP contribution in [0.2, 0.25) is 5.02 Å². The predicted molar refractivity (Wildman–Crippen MR) is 247 cm³/mol. The number of amides is 1. The number of rotatable bonds is 15. The van der Waals surface area contributed by atoms with Crippen molar-refractivity contribution < 1.29 is 49.1 Å². The van der Waals surface area contributed by atoms with E-state index in [4.69, 9.17) is 21.3 Å². The molecule has 70 heavy (non-hydrogen) atoms. The molecular formula is C48H43ClF6N8O6S. The summed E-state index contributed by atoms with van der Waals surface area (Å²) < 4.78 is 127. The number of anilines is 1. The highest BCUT2D eigenvalue weighted by Gasteiger charge is 2.67. The van der Waals surface area contributed by atoms with Gasteiger partial charge in [0, 0.05) is 42.0 Å². The Morgan fingerprint density at radius 2 is 1.67 bits per heavy atom. The van der Waals surface area contributed by atoms with Crippen molar-refractivity contribution in [2.75, 3.05) is 17.6 Å². The number of fused-ring (bicyclic) bond motifs is 5. The molecule has 366 valence electrons. The molecule has 3 atom stereocenters. The highest BCUT2D eigenvalue weighted by atomic mass is 35.5. The van der Waals surface area contributed by atoms with Gasteiger partial charge in [-0.05, 0) is 78.4 Å². The van der Waals surface area contributed by atoms with Gasteiger partial charge in [0.15, 0.2) is 11.6 Å². The molecule has 22 heteroatoms. The summed E-state index contributed by atoms with van der Waals surface area (Å²) in [6.07, 6.45) is -3.66. The molecule has 4 aromatic carbocycles. The van der Waals surface area contributed by atoms with Crippen LogP contribution in [0, 0.1) is 23.0 Å². The first kappa shape index (κ1) is 48.3. The summed E-state index contributed by atoms with van der Waals surface area (Å²) in [6, 6.07) is 14.7. The van der Waals surface area contributed by atoms with Crippen molar-refractivity contribution in [1.29, 1.82) is 0 Å². The molecule has 7 aromatic rings. The number of aryl methyl sites for hydroxylation is 2. The molecule has 9 rings (SSSR count). The maximum Gasteiger partial charge on any atom is 0.293 e. The summed E-state index contributed by atoms with van der Waals surface area (Å²) in [4.78, 5) is 47.8. The standard InChI is InChI=1S/C48H43ClF6N8O6S/c1-47(2,3)42(65)25-8-11-29-33(19-25)57-45(34(18-24-16-26(50)20-27(51)17-24)56-36(64)22-62-41-37(39(58-62)43(52)53)30-21-31(30)48(41,54)55)63(46(29)66)35-13-12-32(49)38-40(35)61(4)59-44(38)60-70(67,68)15-14-23-6-9-28(69-5)10-7-23/h6-13,16-17,19-20,30-31,34,43H,14-15,18,21-22H2,1-5H3,(H,56,64)(H,59,60)/t30-,31+,34-/m0/s1. The average molecular weight is 1010 g/mol. The molecule has 0 spiro atoms. The number of aromatic nitrogens is 6. The fraction of sp³-hybridized carbons (Fsp3) is 0.333. The Kier molecular flexibility index (Phi) is 12.1. The number of halogens is 7. The van der Waals surface area contributed by atoms with Gasteiger partial charge in [0.2, 0.25) is 15.9 Å². The number of hydrogen-bond donors (Lipinski definition) is 2. The minimum absolute atomic E-state index is 0.00200. The number of ether oxygens (including phenoxy) is 1. The van der Waals surface area contributed by atoms with Crippen molar-refractivity contribution in [2.45, 2.75) is 70.9 Å². The van der Waals surface area contributed by atoms with Crippen molar-refractivity contribution >= 4 is 60.9 Å². The van der Waals surface area contributed by atoms with Crippen LogP contribution in [0.3, 0.4) is 0 Å². The van der Waals surface area contributed by atoms with Gasteiger partial charge in [-0.2, -0.15) is 19.0 Å². The predicted octanol–water partition coefficient (Wildman–Crippen LogP) is 8.87. The van der Waals surface area contributed by atoms with E-state index in [0.29, 0.717) is 22.1 Å². The number of methoxy groups -OCH3 is 1. The van der Waals surface area contributed by atoms with Gasteiger partial charge in [-0.15, -0.1) is 0 Å². The van der Waals surface area contributed by atoms with Crippen molar-refractivity contribution in [3.05, 3.63) is 139 Å². The second-order valence-corrected chi connectivity index (χ2v) is 20.7. The lowest BCUT2D eigenvalue weighted by atomic mass is 9.86. The van der Waals surface area contributed by atoms with Crippen LogP contribution in [0.5, 0.6) is 5.75 Å². The molecule has 3 aromatic heterocycles. The smallest absolute Gasteiger partial charge is 0.293 e. The Hall–Kier alpha value is -6.74. The minimum atomic E-state index is -4.13. The monoisotopic (exact) mass is 1010 g/mol. The summed E-state index contributed by atoms with van der Waals surface area (Å²) in [6.45, 7) is 4.04. The zero-order valence-corrected chi connectivity index (χ0v) is 39.5. The van der Waals surface area contributed by atoms with Crippen LogP contribution >= 0.6 is 11.6 Å². The summed E-state index contributed by atoms with van der Waals surface area (Å²) in [5.41, 5.74) is -2.91. The van der Waals surface area contributed by atoms with Crippen LogP contribution in [-0.4, -0.2) is 62.1 Å². The number of carbonyl (C=O) groups excluding carboxylic acids is 2. The van der Waals surface area contributed by atoms with Crippen LogP contribution in [0.1, 0.15) is 89.8 Å². The number of alkyl halides is 4. The number of hydrogen-bond acceptors (Lipinski definition) is 9. The molecule has 1 fully saturated rings. The van der Waals surface area contributed by atoms with Gasteiger partial charge in [-0.1, -0.05) is 50.6 Å². The number of benzene rings is 4. The Morgan fingerprint density at radius 1 is 0.971 bits per heavy atom. The van der Waals surface area contributed by atoms with E-state index in [1.54, 1.807) is 45.0 Å². The van der Waals surface area contributed by atoms with E-state index in [-0.39, 0.29) is 85.2 Å². The van der Waals surface area contributed by atoms with Gasteiger partial charge in [0.1, 0.15) is 41.1 Å². The van der Waals surface area contributed by atoms with Gasteiger partial charge in [0.25, 0.3) is 17.9 Å². The van der Waals surface area contributed by atoms with E-state index < -0.39 is 93.1 Å². The molecule has 2 aliphatic rings. The number of nitrogens with one attached hydrogen (secondary N) is 2. The van der Waals surface area contributed by atoms with Crippen molar-refractivity contribution in [3.63, 3.8) is 0 Å². The number of Topliss-reactive ketones (excluding diaryl/α,β-unsaturated/α-hetero) is 1. The van der Waals surface area contributed by atoms with Gasteiger partial charge in [0.05, 0.1) is 51.4 Å². The van der Waals surface area contributed by atoms with Crippen LogP contribution in [-0.2, 0) is 47.2 Å². The fourth-order valence-corrected chi connectivity index (χ4v) is 10.5. The fourth-order valence-electron chi connectivity index (χ4n) is 9.22. The first-order chi connectivity index (χ1) is 32.9. The highest BCUT2D eigenvalue weighted by Crippen LogP contribution is 2.68. The second-order valence-electron chi connectivity index (χ2n) is 18.5. The summed E-state index contributed by atoms with van der Waals surface area (Å²) in [7, 11) is -1.17. The van der Waals surface area contributed by atoms with E-state index in [1.165, 1.54) is 49.2 Å². The molecule has 0 radical (unpaired) electrons. The van der Waals surface area contributed by atoms with E-state index in [1.807, 2.05) is 0 Å². The van der Waals surface area contributed by atoms with Gasteiger partial charge < -0.3 is 10.1 Å². The van der Waals surface area contributed by atoms with Crippen LogP contribution in [0.4, 0.5) is 32.2 Å². The number of carbonyl (C=O) groups is 2. The Labute approximate surface area is 400 Å². The Bertz CT molecular complexity index is 3440.